The minimum atomic E-state index is -1.13. The Hall–Kier alpha value is -2.60. The van der Waals surface area contributed by atoms with Gasteiger partial charge in [-0.25, -0.2) is 9.18 Å². The van der Waals surface area contributed by atoms with E-state index in [-0.39, 0.29) is 27.5 Å². The van der Waals surface area contributed by atoms with E-state index in [1.807, 2.05) is 0 Å². The molecule has 0 radical (unpaired) electrons. The topological polar surface area (TPSA) is 92.4 Å². The van der Waals surface area contributed by atoms with Crippen LogP contribution in [0.25, 0.3) is 0 Å². The molecule has 0 atom stereocenters. The number of nitrogens with two attached hydrogens (primary N) is 1. The molecule has 2 rings (SSSR count). The van der Waals surface area contributed by atoms with Crippen molar-refractivity contribution in [2.75, 3.05) is 11.1 Å². The summed E-state index contributed by atoms with van der Waals surface area (Å²) in [5.41, 5.74) is 5.91. The van der Waals surface area contributed by atoms with Gasteiger partial charge in [0, 0.05) is 0 Å². The molecule has 4 N–H and O–H groups in total. The molecule has 1 amide bonds. The number of carboxylic acid groups (broad SMARTS) is 1. The van der Waals surface area contributed by atoms with E-state index in [0.717, 1.165) is 6.07 Å². The lowest BCUT2D eigenvalue weighted by Gasteiger charge is -2.10. The molecule has 7 heteroatoms. The molecule has 0 unspecified atom stereocenters. The Bertz CT molecular complexity index is 734. The van der Waals surface area contributed by atoms with Gasteiger partial charge in [-0.15, -0.1) is 0 Å². The molecule has 0 aliphatic rings. The highest BCUT2D eigenvalue weighted by Gasteiger charge is 2.15. The van der Waals surface area contributed by atoms with E-state index in [1.54, 1.807) is 0 Å². The molecule has 0 spiro atoms. The molecular formula is C14H10ClFN2O3. The zero-order valence-corrected chi connectivity index (χ0v) is 11.3. The van der Waals surface area contributed by atoms with Crippen molar-refractivity contribution in [1.82, 2.24) is 0 Å². The van der Waals surface area contributed by atoms with Gasteiger partial charge < -0.3 is 16.2 Å². The van der Waals surface area contributed by atoms with Crippen LogP contribution in [0.5, 0.6) is 0 Å². The van der Waals surface area contributed by atoms with Gasteiger partial charge in [-0.3, -0.25) is 4.79 Å². The number of nitrogens with one attached hydrogen (secondary N) is 1. The Morgan fingerprint density at radius 1 is 1.24 bits per heavy atom. The molecule has 0 bridgehead atoms. The van der Waals surface area contributed by atoms with Gasteiger partial charge in [0.1, 0.15) is 5.82 Å². The van der Waals surface area contributed by atoms with Crippen LogP contribution in [-0.4, -0.2) is 17.0 Å². The van der Waals surface area contributed by atoms with Crippen LogP contribution >= 0.6 is 11.6 Å². The molecule has 0 fully saturated rings. The van der Waals surface area contributed by atoms with Crippen molar-refractivity contribution in [1.29, 1.82) is 0 Å². The molecule has 5 nitrogen and oxygen atoms in total. The lowest BCUT2D eigenvalue weighted by atomic mass is 10.1. The Morgan fingerprint density at radius 2 is 1.95 bits per heavy atom. The standard InChI is InChI=1S/C14H10ClFN2O3/c15-12-8(2-1-3-9(12)16)13(19)18-11-5-4-7(14(20)21)6-10(11)17/h1-6H,17H2,(H,18,19)(H,20,21). The summed E-state index contributed by atoms with van der Waals surface area (Å²) in [5.74, 6) is -2.49. The van der Waals surface area contributed by atoms with Crippen molar-refractivity contribution in [2.45, 2.75) is 0 Å². The zero-order chi connectivity index (χ0) is 15.6. The fourth-order valence-corrected chi connectivity index (χ4v) is 1.89. The van der Waals surface area contributed by atoms with E-state index in [4.69, 9.17) is 22.4 Å². The van der Waals surface area contributed by atoms with Gasteiger partial charge >= 0.3 is 5.97 Å². The predicted octanol–water partition coefficient (Wildman–Crippen LogP) is 3.01. The third-order valence-corrected chi connectivity index (χ3v) is 3.13. The van der Waals surface area contributed by atoms with E-state index >= 15 is 0 Å². The van der Waals surface area contributed by atoms with Crippen LogP contribution in [0.1, 0.15) is 20.7 Å². The predicted molar refractivity (Wildman–Crippen MR) is 77.2 cm³/mol. The highest BCUT2D eigenvalue weighted by atomic mass is 35.5. The van der Waals surface area contributed by atoms with Crippen LogP contribution in [0, 0.1) is 5.82 Å². The second-order valence-corrected chi connectivity index (χ2v) is 4.54. The summed E-state index contributed by atoms with van der Waals surface area (Å²) in [5, 5.41) is 11.0. The molecule has 0 heterocycles. The molecule has 0 saturated heterocycles. The number of halogens is 2. The summed E-state index contributed by atoms with van der Waals surface area (Å²) in [7, 11) is 0. The van der Waals surface area contributed by atoms with Gasteiger partial charge in [0.05, 0.1) is 27.5 Å². The Morgan fingerprint density at radius 3 is 2.57 bits per heavy atom. The summed E-state index contributed by atoms with van der Waals surface area (Å²) >= 11 is 5.72. The summed E-state index contributed by atoms with van der Waals surface area (Å²) < 4.78 is 13.3. The molecule has 108 valence electrons. The maximum absolute atomic E-state index is 13.3. The first-order valence-corrected chi connectivity index (χ1v) is 6.16. The molecule has 0 saturated carbocycles. The third kappa shape index (κ3) is 3.11. The van der Waals surface area contributed by atoms with Crippen molar-refractivity contribution in [3.8, 4) is 0 Å². The van der Waals surface area contributed by atoms with Gasteiger partial charge in [-0.05, 0) is 30.3 Å². The van der Waals surface area contributed by atoms with Gasteiger partial charge in [0.25, 0.3) is 5.91 Å². The Balaban J connectivity index is 2.28. The van der Waals surface area contributed by atoms with Gasteiger partial charge in [0.2, 0.25) is 0 Å². The Labute approximate surface area is 124 Å². The van der Waals surface area contributed by atoms with Crippen molar-refractivity contribution >= 4 is 34.9 Å². The van der Waals surface area contributed by atoms with Gasteiger partial charge in [-0.1, -0.05) is 17.7 Å². The number of rotatable bonds is 3. The normalized spacial score (nSPS) is 10.2. The lowest BCUT2D eigenvalue weighted by molar-refractivity contribution is 0.0697. The SMILES string of the molecule is Nc1cc(C(=O)O)ccc1NC(=O)c1cccc(F)c1Cl. The highest BCUT2D eigenvalue weighted by Crippen LogP contribution is 2.24. The second kappa shape index (κ2) is 5.80. The lowest BCUT2D eigenvalue weighted by Crippen LogP contribution is -2.14. The summed E-state index contributed by atoms with van der Waals surface area (Å²) in [6, 6.07) is 7.71. The molecule has 0 aliphatic heterocycles. The number of carboxylic acids is 1. The molecule has 2 aromatic rings. The third-order valence-electron chi connectivity index (χ3n) is 2.74. The van der Waals surface area contributed by atoms with Crippen molar-refractivity contribution < 1.29 is 19.1 Å². The summed E-state index contributed by atoms with van der Waals surface area (Å²) in [6.07, 6.45) is 0. The first-order valence-electron chi connectivity index (χ1n) is 5.78. The van der Waals surface area contributed by atoms with Crippen LogP contribution in [0.4, 0.5) is 15.8 Å². The molecular weight excluding hydrogens is 299 g/mol. The fraction of sp³-hybridized carbons (Fsp3) is 0. The number of hydrogen-bond donors (Lipinski definition) is 3. The minimum absolute atomic E-state index is 0.00529. The summed E-state index contributed by atoms with van der Waals surface area (Å²) in [4.78, 5) is 22.8. The number of carbonyl (C=O) groups is 2. The van der Waals surface area contributed by atoms with Crippen LogP contribution in [-0.2, 0) is 0 Å². The molecule has 2 aromatic carbocycles. The smallest absolute Gasteiger partial charge is 0.335 e. The maximum atomic E-state index is 13.3. The first kappa shape index (κ1) is 14.8. The number of amides is 1. The van der Waals surface area contributed by atoms with Crippen LogP contribution in [0.15, 0.2) is 36.4 Å². The van der Waals surface area contributed by atoms with E-state index in [9.17, 15) is 14.0 Å². The second-order valence-electron chi connectivity index (χ2n) is 4.16. The number of carbonyl (C=O) groups excluding carboxylic acids is 1. The van der Waals surface area contributed by atoms with E-state index in [1.165, 1.54) is 30.3 Å². The maximum Gasteiger partial charge on any atom is 0.335 e. The minimum Gasteiger partial charge on any atom is -0.478 e. The zero-order valence-electron chi connectivity index (χ0n) is 10.6. The fourth-order valence-electron chi connectivity index (χ4n) is 1.68. The monoisotopic (exact) mass is 308 g/mol. The molecule has 0 aromatic heterocycles. The Kier molecular flexibility index (Phi) is 4.09. The van der Waals surface area contributed by atoms with Crippen molar-refractivity contribution in [3.63, 3.8) is 0 Å². The molecule has 21 heavy (non-hydrogen) atoms. The highest BCUT2D eigenvalue weighted by molar-refractivity contribution is 6.34. The number of aromatic carboxylic acids is 1. The summed E-state index contributed by atoms with van der Waals surface area (Å²) in [6.45, 7) is 0. The average molecular weight is 309 g/mol. The molecule has 0 aliphatic carbocycles. The van der Waals surface area contributed by atoms with Crippen molar-refractivity contribution in [2.24, 2.45) is 0 Å². The largest absolute Gasteiger partial charge is 0.478 e. The van der Waals surface area contributed by atoms with Crippen LogP contribution in [0.3, 0.4) is 0 Å². The number of benzene rings is 2. The van der Waals surface area contributed by atoms with Gasteiger partial charge in [-0.2, -0.15) is 0 Å². The number of hydrogen-bond acceptors (Lipinski definition) is 3. The first-order chi connectivity index (χ1) is 9.90. The van der Waals surface area contributed by atoms with E-state index < -0.39 is 17.7 Å². The van der Waals surface area contributed by atoms with E-state index in [2.05, 4.69) is 5.32 Å². The van der Waals surface area contributed by atoms with Crippen LogP contribution in [0.2, 0.25) is 5.02 Å². The average Bonchev–Trinajstić information content (AvgIpc) is 2.43. The number of nitrogen functional groups attached to an aromatic ring is 1. The van der Waals surface area contributed by atoms with E-state index in [0.29, 0.717) is 0 Å². The van der Waals surface area contributed by atoms with Crippen molar-refractivity contribution in [3.05, 3.63) is 58.4 Å². The van der Waals surface area contributed by atoms with Crippen LogP contribution < -0.4 is 11.1 Å². The van der Waals surface area contributed by atoms with Gasteiger partial charge in [0.15, 0.2) is 0 Å². The quantitative estimate of drug-likeness (QED) is 0.760. The number of anilines is 2.